The van der Waals surface area contributed by atoms with Crippen LogP contribution in [0, 0.1) is 5.92 Å². The standard InChI is InChI=1S/C17H23N3O/c1-4-18(2)17(21)14-7-8-15-9-10-16(20(15)12-14)19(3)11-13-5-6-13/h7-10,12-13H,4-6,11H2,1-3H3. The van der Waals surface area contributed by atoms with E-state index in [0.29, 0.717) is 0 Å². The fourth-order valence-electron chi connectivity index (χ4n) is 2.67. The number of hydrogen-bond acceptors (Lipinski definition) is 2. The highest BCUT2D eigenvalue weighted by Crippen LogP contribution is 2.31. The first-order chi connectivity index (χ1) is 10.1. The van der Waals surface area contributed by atoms with Crippen LogP contribution in [-0.2, 0) is 0 Å². The van der Waals surface area contributed by atoms with Gasteiger partial charge in [0.1, 0.15) is 5.82 Å². The number of aromatic nitrogens is 1. The summed E-state index contributed by atoms with van der Waals surface area (Å²) in [5.74, 6) is 2.08. The molecule has 0 atom stereocenters. The maximum atomic E-state index is 12.3. The molecule has 0 unspecified atom stereocenters. The zero-order chi connectivity index (χ0) is 15.0. The number of fused-ring (bicyclic) bond motifs is 1. The molecule has 1 aliphatic carbocycles. The Labute approximate surface area is 126 Å². The maximum Gasteiger partial charge on any atom is 0.255 e. The molecule has 3 rings (SSSR count). The minimum atomic E-state index is 0.0731. The number of anilines is 1. The van der Waals surface area contributed by atoms with Gasteiger partial charge in [-0.25, -0.2) is 0 Å². The maximum absolute atomic E-state index is 12.3. The van der Waals surface area contributed by atoms with Gasteiger partial charge in [-0.2, -0.15) is 0 Å². The number of hydrogen-bond donors (Lipinski definition) is 0. The summed E-state index contributed by atoms with van der Waals surface area (Å²) in [6.45, 7) is 3.80. The quantitative estimate of drug-likeness (QED) is 0.845. The summed E-state index contributed by atoms with van der Waals surface area (Å²) in [6.07, 6.45) is 4.65. The Balaban J connectivity index is 1.93. The van der Waals surface area contributed by atoms with E-state index in [1.165, 1.54) is 12.8 Å². The van der Waals surface area contributed by atoms with Crippen molar-refractivity contribution in [2.75, 3.05) is 32.1 Å². The van der Waals surface area contributed by atoms with E-state index in [0.717, 1.165) is 35.9 Å². The van der Waals surface area contributed by atoms with Crippen LogP contribution in [0.25, 0.3) is 5.52 Å². The molecule has 0 spiro atoms. The van der Waals surface area contributed by atoms with E-state index in [-0.39, 0.29) is 5.91 Å². The Bertz CT molecular complexity index is 657. The topological polar surface area (TPSA) is 28.0 Å². The molecule has 2 aromatic heterocycles. The van der Waals surface area contributed by atoms with Crippen LogP contribution < -0.4 is 4.90 Å². The summed E-state index contributed by atoms with van der Waals surface area (Å²) in [5, 5.41) is 0. The van der Waals surface area contributed by atoms with Gasteiger partial charge < -0.3 is 14.2 Å². The number of rotatable bonds is 5. The molecule has 1 saturated carbocycles. The summed E-state index contributed by atoms with van der Waals surface area (Å²) in [6, 6.07) is 8.17. The minimum Gasteiger partial charge on any atom is -0.361 e. The Hall–Kier alpha value is -1.97. The van der Waals surface area contributed by atoms with Gasteiger partial charge in [-0.15, -0.1) is 0 Å². The molecule has 21 heavy (non-hydrogen) atoms. The van der Waals surface area contributed by atoms with Crippen LogP contribution in [0.1, 0.15) is 30.1 Å². The van der Waals surface area contributed by atoms with Crippen LogP contribution in [0.15, 0.2) is 30.5 Å². The molecule has 4 heteroatoms. The largest absolute Gasteiger partial charge is 0.361 e. The van der Waals surface area contributed by atoms with E-state index in [1.54, 1.807) is 4.90 Å². The normalized spacial score (nSPS) is 14.4. The predicted octanol–water partition coefficient (Wildman–Crippen LogP) is 2.88. The van der Waals surface area contributed by atoms with Gasteiger partial charge in [0.05, 0.1) is 5.56 Å². The monoisotopic (exact) mass is 285 g/mol. The Morgan fingerprint density at radius 2 is 1.95 bits per heavy atom. The fourth-order valence-corrected chi connectivity index (χ4v) is 2.67. The minimum absolute atomic E-state index is 0.0731. The molecule has 0 saturated heterocycles. The highest BCUT2D eigenvalue weighted by Gasteiger charge is 2.24. The van der Waals surface area contributed by atoms with Crippen molar-refractivity contribution in [2.24, 2.45) is 5.92 Å². The lowest BCUT2D eigenvalue weighted by Gasteiger charge is -2.20. The molecule has 0 aliphatic heterocycles. The predicted molar refractivity (Wildman–Crippen MR) is 86.0 cm³/mol. The molecule has 0 bridgehead atoms. The lowest BCUT2D eigenvalue weighted by atomic mass is 10.2. The zero-order valence-electron chi connectivity index (χ0n) is 13.0. The number of pyridine rings is 1. The Morgan fingerprint density at radius 1 is 1.24 bits per heavy atom. The van der Waals surface area contributed by atoms with Gasteiger partial charge in [-0.1, -0.05) is 0 Å². The van der Waals surface area contributed by atoms with E-state index < -0.39 is 0 Å². The molecule has 0 N–H and O–H groups in total. The zero-order valence-corrected chi connectivity index (χ0v) is 13.0. The molecule has 2 aromatic rings. The summed E-state index contributed by atoms with van der Waals surface area (Å²) < 4.78 is 2.12. The summed E-state index contributed by atoms with van der Waals surface area (Å²) >= 11 is 0. The average Bonchev–Trinajstić information content (AvgIpc) is 3.20. The lowest BCUT2D eigenvalue weighted by Crippen LogP contribution is -2.26. The van der Waals surface area contributed by atoms with Crippen LogP contribution >= 0.6 is 0 Å². The second-order valence-corrected chi connectivity index (χ2v) is 6.05. The summed E-state index contributed by atoms with van der Waals surface area (Å²) in [5.41, 5.74) is 1.87. The molecule has 0 aromatic carbocycles. The van der Waals surface area contributed by atoms with E-state index in [2.05, 4.69) is 28.5 Å². The number of carbonyl (C=O) groups is 1. The van der Waals surface area contributed by atoms with Gasteiger partial charge in [0, 0.05) is 38.9 Å². The molecular weight excluding hydrogens is 262 g/mol. The van der Waals surface area contributed by atoms with Gasteiger partial charge in [0.15, 0.2) is 0 Å². The molecule has 1 amide bonds. The van der Waals surface area contributed by atoms with Crippen molar-refractivity contribution >= 4 is 17.2 Å². The van der Waals surface area contributed by atoms with Crippen LogP contribution in [0.5, 0.6) is 0 Å². The second kappa shape index (κ2) is 5.43. The third kappa shape index (κ3) is 2.75. The van der Waals surface area contributed by atoms with Gasteiger partial charge in [-0.3, -0.25) is 4.79 Å². The van der Waals surface area contributed by atoms with Crippen molar-refractivity contribution in [3.8, 4) is 0 Å². The van der Waals surface area contributed by atoms with Crippen molar-refractivity contribution < 1.29 is 4.79 Å². The molecule has 2 heterocycles. The van der Waals surface area contributed by atoms with E-state index in [1.807, 2.05) is 32.3 Å². The van der Waals surface area contributed by atoms with E-state index in [9.17, 15) is 4.79 Å². The first-order valence-corrected chi connectivity index (χ1v) is 7.68. The van der Waals surface area contributed by atoms with Crippen molar-refractivity contribution in [3.05, 3.63) is 36.0 Å². The van der Waals surface area contributed by atoms with Crippen LogP contribution in [-0.4, -0.2) is 42.4 Å². The van der Waals surface area contributed by atoms with Crippen molar-refractivity contribution in [2.45, 2.75) is 19.8 Å². The van der Waals surface area contributed by atoms with Crippen molar-refractivity contribution in [1.82, 2.24) is 9.30 Å². The van der Waals surface area contributed by atoms with Gasteiger partial charge >= 0.3 is 0 Å². The first-order valence-electron chi connectivity index (χ1n) is 7.68. The smallest absolute Gasteiger partial charge is 0.255 e. The fraction of sp³-hybridized carbons (Fsp3) is 0.471. The molecular formula is C17H23N3O. The SMILES string of the molecule is CCN(C)C(=O)c1ccc2ccc(N(C)CC3CC3)n2c1. The average molecular weight is 285 g/mol. The number of nitrogens with zero attached hydrogens (tertiary/aromatic N) is 3. The summed E-state index contributed by atoms with van der Waals surface area (Å²) in [4.78, 5) is 16.3. The molecule has 1 fully saturated rings. The van der Waals surface area contributed by atoms with Crippen LogP contribution in [0.4, 0.5) is 5.82 Å². The van der Waals surface area contributed by atoms with Crippen LogP contribution in [0.2, 0.25) is 0 Å². The third-order valence-electron chi connectivity index (χ3n) is 4.32. The highest BCUT2D eigenvalue weighted by atomic mass is 16.2. The van der Waals surface area contributed by atoms with E-state index in [4.69, 9.17) is 0 Å². The summed E-state index contributed by atoms with van der Waals surface area (Å²) in [7, 11) is 3.97. The molecule has 1 aliphatic rings. The number of amides is 1. The third-order valence-corrected chi connectivity index (χ3v) is 4.32. The number of carbonyl (C=O) groups excluding carboxylic acids is 1. The van der Waals surface area contributed by atoms with Crippen molar-refractivity contribution in [3.63, 3.8) is 0 Å². The van der Waals surface area contributed by atoms with Gasteiger partial charge in [0.2, 0.25) is 0 Å². The Morgan fingerprint density at radius 3 is 2.62 bits per heavy atom. The highest BCUT2D eigenvalue weighted by molar-refractivity contribution is 5.94. The van der Waals surface area contributed by atoms with Crippen molar-refractivity contribution in [1.29, 1.82) is 0 Å². The molecule has 112 valence electrons. The van der Waals surface area contributed by atoms with Crippen LogP contribution in [0.3, 0.4) is 0 Å². The lowest BCUT2D eigenvalue weighted by molar-refractivity contribution is 0.0802. The van der Waals surface area contributed by atoms with Gasteiger partial charge in [0.25, 0.3) is 5.91 Å². The first kappa shape index (κ1) is 14.0. The molecule has 0 radical (unpaired) electrons. The second-order valence-electron chi connectivity index (χ2n) is 6.05. The Kier molecular flexibility index (Phi) is 3.62. The van der Waals surface area contributed by atoms with E-state index >= 15 is 0 Å². The molecule has 4 nitrogen and oxygen atoms in total. The van der Waals surface area contributed by atoms with Gasteiger partial charge in [-0.05, 0) is 49.9 Å².